The standard InChI is InChI=1S/C38H25NO2/c1-22-13-16-31-28(19-22)29-20-23(2)14-17-32(29)39(31)33-10-5-9-26-30-21-24(15-18-35(30)41-38(26)33)25-8-6-12-36-37(25)27-7-3-4-11-34(27)40-36/h3-21H,1-2H3. The molecule has 3 heteroatoms. The normalized spacial score (nSPS) is 12.1. The summed E-state index contributed by atoms with van der Waals surface area (Å²) in [6.07, 6.45) is 0. The molecule has 0 aliphatic rings. The van der Waals surface area contributed by atoms with Gasteiger partial charge in [0.05, 0.1) is 16.7 Å². The Morgan fingerprint density at radius 2 is 1.17 bits per heavy atom. The summed E-state index contributed by atoms with van der Waals surface area (Å²) in [6, 6.07) is 41.0. The Bertz CT molecular complexity index is 2440. The van der Waals surface area contributed by atoms with Crippen molar-refractivity contribution in [3.05, 3.63) is 126 Å². The lowest BCUT2D eigenvalue weighted by Crippen LogP contribution is -1.94. The van der Waals surface area contributed by atoms with E-state index < -0.39 is 0 Å². The van der Waals surface area contributed by atoms with Crippen molar-refractivity contribution in [2.45, 2.75) is 13.8 Å². The van der Waals surface area contributed by atoms with Crippen LogP contribution in [0.1, 0.15) is 11.1 Å². The quantitative estimate of drug-likeness (QED) is 0.224. The third kappa shape index (κ3) is 3.14. The zero-order chi connectivity index (χ0) is 27.2. The summed E-state index contributed by atoms with van der Waals surface area (Å²) in [7, 11) is 0. The molecule has 9 aromatic rings. The Balaban J connectivity index is 1.32. The number of nitrogens with zero attached hydrogens (tertiary/aromatic N) is 1. The van der Waals surface area contributed by atoms with Crippen molar-refractivity contribution in [1.82, 2.24) is 4.57 Å². The number of benzene rings is 6. The molecule has 3 aromatic heterocycles. The molecule has 3 heterocycles. The molecule has 0 bridgehead atoms. The number of hydrogen-bond donors (Lipinski definition) is 0. The lowest BCUT2D eigenvalue weighted by Gasteiger charge is -2.08. The molecule has 9 rings (SSSR count). The van der Waals surface area contributed by atoms with E-state index in [-0.39, 0.29) is 0 Å². The van der Waals surface area contributed by atoms with Gasteiger partial charge in [-0.25, -0.2) is 0 Å². The molecule has 0 saturated carbocycles. The van der Waals surface area contributed by atoms with E-state index in [4.69, 9.17) is 8.83 Å². The SMILES string of the molecule is Cc1ccc2c(c1)c1cc(C)ccc1n2-c1cccc2c1oc1ccc(-c3cccc4oc5ccccc5c34)cc12. The van der Waals surface area contributed by atoms with Gasteiger partial charge in [-0.15, -0.1) is 0 Å². The minimum absolute atomic E-state index is 0.882. The maximum absolute atomic E-state index is 6.65. The zero-order valence-corrected chi connectivity index (χ0v) is 22.7. The monoisotopic (exact) mass is 527 g/mol. The molecule has 0 unspecified atom stereocenters. The zero-order valence-electron chi connectivity index (χ0n) is 22.7. The van der Waals surface area contributed by atoms with Crippen molar-refractivity contribution in [3.63, 3.8) is 0 Å². The average Bonchev–Trinajstić information content (AvgIpc) is 3.66. The van der Waals surface area contributed by atoms with E-state index in [0.29, 0.717) is 0 Å². The molecule has 0 spiro atoms. The molecule has 194 valence electrons. The number of fused-ring (bicyclic) bond motifs is 9. The van der Waals surface area contributed by atoms with E-state index in [2.05, 4.69) is 115 Å². The predicted molar refractivity (Wildman–Crippen MR) is 170 cm³/mol. The van der Waals surface area contributed by atoms with E-state index in [0.717, 1.165) is 60.7 Å². The summed E-state index contributed by atoms with van der Waals surface area (Å²) >= 11 is 0. The first-order valence-electron chi connectivity index (χ1n) is 14.0. The van der Waals surface area contributed by atoms with Crippen LogP contribution in [0.5, 0.6) is 0 Å². The first-order valence-corrected chi connectivity index (χ1v) is 14.0. The highest BCUT2D eigenvalue weighted by Crippen LogP contribution is 2.41. The van der Waals surface area contributed by atoms with Crippen LogP contribution in [-0.4, -0.2) is 4.57 Å². The van der Waals surface area contributed by atoms with Crippen LogP contribution in [0.25, 0.3) is 82.5 Å². The van der Waals surface area contributed by atoms with Crippen LogP contribution in [0.15, 0.2) is 124 Å². The molecule has 0 N–H and O–H groups in total. The molecule has 6 aromatic carbocycles. The Kier molecular flexibility index (Phi) is 4.46. The summed E-state index contributed by atoms with van der Waals surface area (Å²) in [5, 5.41) is 7.02. The van der Waals surface area contributed by atoms with Crippen LogP contribution in [-0.2, 0) is 0 Å². The maximum atomic E-state index is 6.65. The molecule has 3 nitrogen and oxygen atoms in total. The summed E-state index contributed by atoms with van der Waals surface area (Å²) in [4.78, 5) is 0. The summed E-state index contributed by atoms with van der Waals surface area (Å²) in [5.74, 6) is 0. The Hall–Kier alpha value is -5.28. The number of aryl methyl sites for hydroxylation is 2. The second-order valence-electron chi connectivity index (χ2n) is 11.1. The highest BCUT2D eigenvalue weighted by atomic mass is 16.3. The third-order valence-corrected chi connectivity index (χ3v) is 8.51. The van der Waals surface area contributed by atoms with Gasteiger partial charge in [-0.2, -0.15) is 0 Å². The minimum Gasteiger partial charge on any atom is -0.456 e. The van der Waals surface area contributed by atoms with Crippen LogP contribution >= 0.6 is 0 Å². The summed E-state index contributed by atoms with van der Waals surface area (Å²) in [6.45, 7) is 4.31. The number of aromatic nitrogens is 1. The minimum atomic E-state index is 0.882. The third-order valence-electron chi connectivity index (χ3n) is 8.51. The van der Waals surface area contributed by atoms with Crippen molar-refractivity contribution in [1.29, 1.82) is 0 Å². The van der Waals surface area contributed by atoms with Gasteiger partial charge in [-0.3, -0.25) is 0 Å². The Labute approximate surface area is 235 Å². The van der Waals surface area contributed by atoms with Crippen LogP contribution in [0.4, 0.5) is 0 Å². The summed E-state index contributed by atoms with van der Waals surface area (Å²) in [5.41, 5.74) is 11.8. The molecule has 0 aliphatic heterocycles. The van der Waals surface area contributed by atoms with Gasteiger partial charge in [0.15, 0.2) is 5.58 Å². The van der Waals surface area contributed by atoms with Crippen molar-refractivity contribution in [2.75, 3.05) is 0 Å². The lowest BCUT2D eigenvalue weighted by molar-refractivity contribution is 0.666. The van der Waals surface area contributed by atoms with Gasteiger partial charge < -0.3 is 13.4 Å². The van der Waals surface area contributed by atoms with Crippen LogP contribution < -0.4 is 0 Å². The second kappa shape index (κ2) is 8.12. The number of furan rings is 2. The fourth-order valence-corrected chi connectivity index (χ4v) is 6.65. The lowest BCUT2D eigenvalue weighted by atomic mass is 9.98. The second-order valence-corrected chi connectivity index (χ2v) is 11.1. The van der Waals surface area contributed by atoms with E-state index in [9.17, 15) is 0 Å². The topological polar surface area (TPSA) is 31.2 Å². The van der Waals surface area contributed by atoms with E-state index in [1.54, 1.807) is 0 Å². The summed E-state index contributed by atoms with van der Waals surface area (Å²) < 4.78 is 15.2. The fraction of sp³-hybridized carbons (Fsp3) is 0.0526. The van der Waals surface area contributed by atoms with Crippen molar-refractivity contribution >= 4 is 65.7 Å². The number of rotatable bonds is 2. The van der Waals surface area contributed by atoms with Gasteiger partial charge in [0.2, 0.25) is 0 Å². The molecule has 0 aliphatic carbocycles. The molecule has 0 saturated heterocycles. The first-order chi connectivity index (χ1) is 20.1. The van der Waals surface area contributed by atoms with Crippen LogP contribution in [0.2, 0.25) is 0 Å². The molecule has 0 amide bonds. The van der Waals surface area contributed by atoms with E-state index in [1.165, 1.54) is 32.9 Å². The van der Waals surface area contributed by atoms with Gasteiger partial charge in [-0.1, -0.05) is 71.8 Å². The first kappa shape index (κ1) is 22.5. The smallest absolute Gasteiger partial charge is 0.159 e. The highest BCUT2D eigenvalue weighted by Gasteiger charge is 2.19. The number of para-hydroxylation sites is 2. The van der Waals surface area contributed by atoms with Crippen molar-refractivity contribution in [3.8, 4) is 16.8 Å². The fourth-order valence-electron chi connectivity index (χ4n) is 6.65. The average molecular weight is 528 g/mol. The maximum Gasteiger partial charge on any atom is 0.159 e. The largest absolute Gasteiger partial charge is 0.456 e. The van der Waals surface area contributed by atoms with Crippen molar-refractivity contribution in [2.24, 2.45) is 0 Å². The van der Waals surface area contributed by atoms with Gasteiger partial charge in [0.1, 0.15) is 16.7 Å². The molecule has 0 radical (unpaired) electrons. The molecule has 0 fully saturated rings. The van der Waals surface area contributed by atoms with E-state index in [1.807, 2.05) is 18.2 Å². The molecule has 41 heavy (non-hydrogen) atoms. The van der Waals surface area contributed by atoms with E-state index >= 15 is 0 Å². The van der Waals surface area contributed by atoms with Crippen LogP contribution in [0, 0.1) is 13.8 Å². The van der Waals surface area contributed by atoms with Gasteiger partial charge in [0.25, 0.3) is 0 Å². The number of hydrogen-bond acceptors (Lipinski definition) is 2. The molecular weight excluding hydrogens is 502 g/mol. The Morgan fingerprint density at radius 1 is 0.488 bits per heavy atom. The molecule has 0 atom stereocenters. The molecular formula is C38H25NO2. The van der Waals surface area contributed by atoms with Crippen molar-refractivity contribution < 1.29 is 8.83 Å². The van der Waals surface area contributed by atoms with Gasteiger partial charge in [0, 0.05) is 32.3 Å². The highest BCUT2D eigenvalue weighted by molar-refractivity contribution is 6.15. The predicted octanol–water partition coefficient (Wildman–Crippen LogP) is 10.9. The van der Waals surface area contributed by atoms with Gasteiger partial charge >= 0.3 is 0 Å². The Morgan fingerprint density at radius 3 is 1.98 bits per heavy atom. The van der Waals surface area contributed by atoms with Gasteiger partial charge in [-0.05, 0) is 79.6 Å². The van der Waals surface area contributed by atoms with Crippen LogP contribution in [0.3, 0.4) is 0 Å².